The van der Waals surface area contributed by atoms with Gasteiger partial charge in [-0.25, -0.2) is 0 Å². The summed E-state index contributed by atoms with van der Waals surface area (Å²) < 4.78 is 5.72. The SMILES string of the molecule is CC(=O)C(N=Nc1cccc(C(=O)Nc2cccc(Cl)c2Cl)c1Cl)C(=O)Nc1ccc(NC(=O)C(N=Nc2cccc(C(=O)Nc3cccc(Cl)c3Cl)c2Cl)C(C)=O)c(OCCCl)c1. The lowest BCUT2D eigenvalue weighted by Crippen LogP contribution is -2.32. The van der Waals surface area contributed by atoms with Gasteiger partial charge < -0.3 is 26.0 Å². The summed E-state index contributed by atoms with van der Waals surface area (Å²) in [6, 6.07) is 18.7. The van der Waals surface area contributed by atoms with Crippen molar-refractivity contribution in [1.82, 2.24) is 0 Å². The van der Waals surface area contributed by atoms with Crippen LogP contribution < -0.4 is 26.0 Å². The summed E-state index contributed by atoms with van der Waals surface area (Å²) in [6.07, 6.45) is 0. The van der Waals surface area contributed by atoms with E-state index in [9.17, 15) is 28.8 Å². The second-order valence-electron chi connectivity index (χ2n) is 13.1. The first-order valence-corrected chi connectivity index (χ1v) is 21.2. The van der Waals surface area contributed by atoms with Gasteiger partial charge in [0.2, 0.25) is 12.1 Å². The van der Waals surface area contributed by atoms with Crippen LogP contribution in [0.2, 0.25) is 30.1 Å². The summed E-state index contributed by atoms with van der Waals surface area (Å²) in [6.45, 7) is 2.20. The molecule has 0 aliphatic rings. The normalized spacial score (nSPS) is 12.1. The number of Topliss-reactive ketones (excluding diaryl/α,β-unsaturated/α-hetero) is 2. The average Bonchev–Trinajstić information content (AvgIpc) is 3.25. The zero-order valence-electron chi connectivity index (χ0n) is 33.0. The van der Waals surface area contributed by atoms with E-state index in [1.807, 2.05) is 0 Å². The van der Waals surface area contributed by atoms with Crippen LogP contribution in [0.15, 0.2) is 111 Å². The molecule has 0 saturated carbocycles. The van der Waals surface area contributed by atoms with Crippen LogP contribution >= 0.6 is 81.2 Å². The third kappa shape index (κ3) is 12.5. The molecule has 5 aromatic rings. The Balaban J connectivity index is 1.30. The van der Waals surface area contributed by atoms with E-state index in [1.165, 1.54) is 54.6 Å². The minimum atomic E-state index is -1.69. The number of nitrogens with one attached hydrogen (secondary N) is 4. The van der Waals surface area contributed by atoms with E-state index in [0.29, 0.717) is 0 Å². The largest absolute Gasteiger partial charge is 0.490 e. The Bertz CT molecular complexity index is 2720. The predicted octanol–water partition coefficient (Wildman–Crippen LogP) is 12.1. The fourth-order valence-electron chi connectivity index (χ4n) is 5.38. The van der Waals surface area contributed by atoms with E-state index < -0.39 is 47.3 Å². The first kappa shape index (κ1) is 49.4. The summed E-state index contributed by atoms with van der Waals surface area (Å²) in [4.78, 5) is 78.3. The van der Waals surface area contributed by atoms with Crippen LogP contribution in [0, 0.1) is 0 Å². The molecule has 5 rings (SSSR count). The maximum absolute atomic E-state index is 13.5. The Labute approximate surface area is 399 Å². The molecule has 22 heteroatoms. The standard InChI is InChI=1S/C42H31Cl7N8O7/c1-20(58)37(56-54-30-13-3-7-23(33(30)46)39(60)52-28-11-5-9-25(44)35(28)48)41(62)50-22-15-16-27(32(19-22)64-18-17-43)51-42(63)38(21(2)59)57-55-31-14-4-8-24(34(31)47)40(61)53-29-12-6-10-26(45)36(29)49/h3-16,19,37-38H,17-18H2,1-2H3,(H,50,62)(H,51,63)(H,52,60)(H,53,61). The molecule has 4 N–H and O–H groups in total. The Morgan fingerprint density at radius 3 is 1.45 bits per heavy atom. The van der Waals surface area contributed by atoms with Crippen molar-refractivity contribution in [2.75, 3.05) is 33.8 Å². The van der Waals surface area contributed by atoms with E-state index in [1.54, 1.807) is 36.4 Å². The number of hydrogen-bond acceptors (Lipinski definition) is 11. The summed E-state index contributed by atoms with van der Waals surface area (Å²) in [7, 11) is 0. The summed E-state index contributed by atoms with van der Waals surface area (Å²) in [5, 5.41) is 26.6. The topological polar surface area (TPSA) is 209 Å². The van der Waals surface area contributed by atoms with E-state index in [0.717, 1.165) is 13.8 Å². The van der Waals surface area contributed by atoms with Crippen LogP contribution in [0.4, 0.5) is 34.1 Å². The molecule has 0 bridgehead atoms. The number of ether oxygens (including phenoxy) is 1. The Morgan fingerprint density at radius 2 is 1.00 bits per heavy atom. The highest BCUT2D eigenvalue weighted by molar-refractivity contribution is 6.45. The fraction of sp³-hybridized carbons (Fsp3) is 0.143. The summed E-state index contributed by atoms with van der Waals surface area (Å²) in [5.74, 6) is -4.45. The number of carbonyl (C=O) groups is 6. The van der Waals surface area contributed by atoms with Gasteiger partial charge in [0.1, 0.15) is 23.7 Å². The Morgan fingerprint density at radius 1 is 0.547 bits per heavy atom. The molecule has 0 aliphatic heterocycles. The molecule has 0 heterocycles. The number of benzene rings is 5. The van der Waals surface area contributed by atoms with E-state index >= 15 is 0 Å². The number of azo groups is 2. The van der Waals surface area contributed by atoms with E-state index in [2.05, 4.69) is 41.7 Å². The Kier molecular flexibility index (Phi) is 17.6. The van der Waals surface area contributed by atoms with E-state index in [-0.39, 0.29) is 93.6 Å². The van der Waals surface area contributed by atoms with Gasteiger partial charge in [-0.15, -0.1) is 11.6 Å². The van der Waals surface area contributed by atoms with Gasteiger partial charge in [-0.3, -0.25) is 28.8 Å². The number of ketones is 2. The zero-order chi connectivity index (χ0) is 46.7. The molecule has 330 valence electrons. The lowest BCUT2D eigenvalue weighted by molar-refractivity contribution is -0.127. The number of carbonyl (C=O) groups excluding carboxylic acids is 6. The monoisotopic (exact) mass is 1000 g/mol. The highest BCUT2D eigenvalue weighted by Gasteiger charge is 2.27. The molecule has 15 nitrogen and oxygen atoms in total. The smallest absolute Gasteiger partial charge is 0.258 e. The van der Waals surface area contributed by atoms with Crippen LogP contribution in [-0.4, -0.2) is 59.8 Å². The third-order valence-corrected chi connectivity index (χ3v) is 11.1. The highest BCUT2D eigenvalue weighted by Crippen LogP contribution is 2.35. The van der Waals surface area contributed by atoms with Crippen LogP contribution in [-0.2, 0) is 19.2 Å². The first-order chi connectivity index (χ1) is 30.5. The quantitative estimate of drug-likeness (QED) is 0.0402. The fourth-order valence-corrected chi connectivity index (χ4v) is 6.66. The van der Waals surface area contributed by atoms with Gasteiger partial charge in [0.05, 0.1) is 64.2 Å². The second-order valence-corrected chi connectivity index (χ2v) is 15.8. The molecule has 64 heavy (non-hydrogen) atoms. The molecule has 0 fully saturated rings. The van der Waals surface area contributed by atoms with Gasteiger partial charge in [-0.2, -0.15) is 20.5 Å². The van der Waals surface area contributed by atoms with Crippen LogP contribution in [0.5, 0.6) is 5.75 Å². The number of anilines is 4. The van der Waals surface area contributed by atoms with Crippen molar-refractivity contribution in [2.24, 2.45) is 20.5 Å². The summed E-state index contributed by atoms with van der Waals surface area (Å²) in [5.41, 5.74) is 0.547. The number of nitrogens with zero attached hydrogens (tertiary/aromatic N) is 4. The number of amides is 4. The van der Waals surface area contributed by atoms with Crippen LogP contribution in [0.3, 0.4) is 0 Å². The molecule has 0 spiro atoms. The molecular weight excluding hydrogens is 977 g/mol. The van der Waals surface area contributed by atoms with Crippen molar-refractivity contribution < 1.29 is 33.5 Å². The maximum atomic E-state index is 13.5. The molecule has 2 unspecified atom stereocenters. The average molecular weight is 1010 g/mol. The highest BCUT2D eigenvalue weighted by atomic mass is 35.5. The van der Waals surface area contributed by atoms with E-state index in [4.69, 9.17) is 85.9 Å². The van der Waals surface area contributed by atoms with Gasteiger partial charge >= 0.3 is 0 Å². The van der Waals surface area contributed by atoms with Crippen molar-refractivity contribution in [3.8, 4) is 5.75 Å². The molecule has 2 atom stereocenters. The number of hydrogen-bond donors (Lipinski definition) is 4. The predicted molar refractivity (Wildman–Crippen MR) is 250 cm³/mol. The minimum absolute atomic E-state index is 0.00884. The molecule has 0 saturated heterocycles. The van der Waals surface area contributed by atoms with Crippen molar-refractivity contribution in [2.45, 2.75) is 25.9 Å². The van der Waals surface area contributed by atoms with Crippen LogP contribution in [0.1, 0.15) is 34.6 Å². The molecule has 0 radical (unpaired) electrons. The van der Waals surface area contributed by atoms with Gasteiger partial charge in [0.15, 0.2) is 11.6 Å². The number of halogens is 7. The molecule has 5 aromatic carbocycles. The van der Waals surface area contributed by atoms with Gasteiger partial charge in [-0.05, 0) is 74.5 Å². The van der Waals surface area contributed by atoms with Crippen LogP contribution in [0.25, 0.3) is 0 Å². The molecule has 4 amide bonds. The lowest BCUT2D eigenvalue weighted by atomic mass is 10.1. The third-order valence-electron chi connectivity index (χ3n) is 8.52. The lowest BCUT2D eigenvalue weighted by Gasteiger charge is -2.16. The molecular formula is C42H31Cl7N8O7. The van der Waals surface area contributed by atoms with Crippen molar-refractivity contribution >= 4 is 151 Å². The minimum Gasteiger partial charge on any atom is -0.490 e. The maximum Gasteiger partial charge on any atom is 0.258 e. The number of alkyl halides is 1. The molecule has 0 aromatic heterocycles. The second kappa shape index (κ2) is 22.8. The van der Waals surface area contributed by atoms with Crippen molar-refractivity contribution in [3.63, 3.8) is 0 Å². The van der Waals surface area contributed by atoms with Gasteiger partial charge in [0, 0.05) is 11.8 Å². The van der Waals surface area contributed by atoms with Crippen molar-refractivity contribution in [1.29, 1.82) is 0 Å². The zero-order valence-corrected chi connectivity index (χ0v) is 38.3. The summed E-state index contributed by atoms with van der Waals surface area (Å²) >= 11 is 43.3. The van der Waals surface area contributed by atoms with Gasteiger partial charge in [0.25, 0.3) is 23.6 Å². The molecule has 0 aliphatic carbocycles. The van der Waals surface area contributed by atoms with Gasteiger partial charge in [-0.1, -0.05) is 93.9 Å². The Hall–Kier alpha value is -5.65. The first-order valence-electron chi connectivity index (χ1n) is 18.4. The number of rotatable bonds is 17. The van der Waals surface area contributed by atoms with Crippen molar-refractivity contribution in [3.05, 3.63) is 132 Å².